The molecule has 0 aromatic heterocycles. The van der Waals surface area contributed by atoms with Gasteiger partial charge in [-0.3, -0.25) is 4.79 Å². The van der Waals surface area contributed by atoms with Crippen LogP contribution in [0.1, 0.15) is 19.3 Å². The highest BCUT2D eigenvalue weighted by Gasteiger charge is 2.30. The summed E-state index contributed by atoms with van der Waals surface area (Å²) in [7, 11) is -3.74. The fourth-order valence-corrected chi connectivity index (χ4v) is 3.62. The van der Waals surface area contributed by atoms with Gasteiger partial charge >= 0.3 is 16.1 Å². The number of hydrogen-bond acceptors (Lipinski definition) is 6. The van der Waals surface area contributed by atoms with E-state index in [1.165, 1.54) is 0 Å². The van der Waals surface area contributed by atoms with Crippen LogP contribution in [0.2, 0.25) is 0 Å². The van der Waals surface area contributed by atoms with Crippen LogP contribution in [0.25, 0.3) is 0 Å². The highest BCUT2D eigenvalue weighted by molar-refractivity contribution is 7.87. The predicted octanol–water partition coefficient (Wildman–Crippen LogP) is -0.104. The van der Waals surface area contributed by atoms with Gasteiger partial charge in [0.1, 0.15) is 0 Å². The predicted molar refractivity (Wildman–Crippen MR) is 64.4 cm³/mol. The lowest BCUT2D eigenvalue weighted by Crippen LogP contribution is -2.29. The minimum atomic E-state index is -3.74. The molecule has 1 N–H and O–H groups in total. The quantitative estimate of drug-likeness (QED) is 0.722. The number of rotatable bonds is 4. The topological polar surface area (TPSA) is 81.7 Å². The number of nitrogens with one attached hydrogen (secondary N) is 1. The molecule has 18 heavy (non-hydrogen) atoms. The third kappa shape index (κ3) is 3.93. The first-order valence-corrected chi connectivity index (χ1v) is 7.89. The van der Waals surface area contributed by atoms with Gasteiger partial charge in [-0.1, -0.05) is 0 Å². The van der Waals surface area contributed by atoms with Crippen molar-refractivity contribution in [3.05, 3.63) is 0 Å². The van der Waals surface area contributed by atoms with Gasteiger partial charge in [0.15, 0.2) is 0 Å². The van der Waals surface area contributed by atoms with Gasteiger partial charge in [0.05, 0.1) is 11.7 Å². The Morgan fingerprint density at radius 1 is 1.28 bits per heavy atom. The summed E-state index contributed by atoms with van der Waals surface area (Å²) in [6.07, 6.45) is 1.90. The standard InChI is InChI=1S/C11H19NO5S/c13-11(10-2-5-16-6-3-10)17-18(14,15)8-9-1-4-12-7-9/h9-10,12H,1-8H2/t9-/m1/s1. The average molecular weight is 277 g/mol. The number of hydrogen-bond donors (Lipinski definition) is 1. The van der Waals surface area contributed by atoms with E-state index in [-0.39, 0.29) is 17.6 Å². The summed E-state index contributed by atoms with van der Waals surface area (Å²) in [5.74, 6) is -0.980. The molecule has 7 heteroatoms. The Labute approximate surface area is 107 Å². The second kappa shape index (κ2) is 5.99. The molecule has 2 heterocycles. The highest BCUT2D eigenvalue weighted by Crippen LogP contribution is 2.19. The van der Waals surface area contributed by atoms with Crippen LogP contribution in [-0.2, 0) is 23.8 Å². The summed E-state index contributed by atoms with van der Waals surface area (Å²) in [5, 5.41) is 3.09. The van der Waals surface area contributed by atoms with Crippen LogP contribution in [0, 0.1) is 11.8 Å². The zero-order valence-electron chi connectivity index (χ0n) is 10.3. The largest absolute Gasteiger partial charge is 0.381 e. The molecule has 2 saturated heterocycles. The molecular formula is C11H19NO5S. The molecule has 2 aliphatic heterocycles. The molecule has 0 bridgehead atoms. The van der Waals surface area contributed by atoms with Gasteiger partial charge in [-0.25, -0.2) is 0 Å². The highest BCUT2D eigenvalue weighted by atomic mass is 32.2. The first-order valence-electron chi connectivity index (χ1n) is 6.31. The Bertz CT molecular complexity index is 382. The van der Waals surface area contributed by atoms with E-state index in [4.69, 9.17) is 4.74 Å². The van der Waals surface area contributed by atoms with Crippen LogP contribution in [-0.4, -0.2) is 46.4 Å². The molecule has 104 valence electrons. The van der Waals surface area contributed by atoms with Gasteiger partial charge in [0, 0.05) is 13.2 Å². The summed E-state index contributed by atoms with van der Waals surface area (Å²) in [4.78, 5) is 11.7. The molecule has 0 aromatic rings. The molecular weight excluding hydrogens is 258 g/mol. The van der Waals surface area contributed by atoms with E-state index in [2.05, 4.69) is 9.50 Å². The lowest BCUT2D eigenvalue weighted by atomic mass is 10.0. The van der Waals surface area contributed by atoms with Crippen LogP contribution in [0.5, 0.6) is 0 Å². The Hall–Kier alpha value is -0.660. The minimum absolute atomic E-state index is 0.0532. The molecule has 0 saturated carbocycles. The van der Waals surface area contributed by atoms with Gasteiger partial charge in [0.25, 0.3) is 0 Å². The molecule has 0 unspecified atom stereocenters. The van der Waals surface area contributed by atoms with Crippen molar-refractivity contribution in [2.24, 2.45) is 11.8 Å². The smallest absolute Gasteiger partial charge is 0.325 e. The molecule has 2 aliphatic rings. The molecule has 0 aliphatic carbocycles. The van der Waals surface area contributed by atoms with Crippen LogP contribution < -0.4 is 5.32 Å². The molecule has 2 rings (SSSR count). The van der Waals surface area contributed by atoms with E-state index >= 15 is 0 Å². The average Bonchev–Trinajstić information content (AvgIpc) is 2.81. The van der Waals surface area contributed by atoms with Crippen molar-refractivity contribution < 1.29 is 22.1 Å². The third-order valence-electron chi connectivity index (χ3n) is 3.37. The first kappa shape index (κ1) is 13.8. The van der Waals surface area contributed by atoms with E-state index in [1.54, 1.807) is 0 Å². The van der Waals surface area contributed by atoms with Crippen LogP contribution in [0.15, 0.2) is 0 Å². The van der Waals surface area contributed by atoms with E-state index in [0.29, 0.717) is 32.6 Å². The molecule has 0 spiro atoms. The SMILES string of the molecule is O=C(OS(=O)(=O)C[C@@H]1CCNC1)C1CCOCC1. The molecule has 0 radical (unpaired) electrons. The zero-order chi connectivity index (χ0) is 13.0. The fourth-order valence-electron chi connectivity index (χ4n) is 2.31. The molecule has 0 aromatic carbocycles. The molecule has 2 fully saturated rings. The Morgan fingerprint density at radius 2 is 2.00 bits per heavy atom. The monoisotopic (exact) mass is 277 g/mol. The zero-order valence-corrected chi connectivity index (χ0v) is 11.1. The normalized spacial score (nSPS) is 26.1. The van der Waals surface area contributed by atoms with Crippen LogP contribution in [0.4, 0.5) is 0 Å². The molecule has 0 amide bonds. The van der Waals surface area contributed by atoms with Gasteiger partial charge in [0.2, 0.25) is 0 Å². The maximum absolute atomic E-state index is 11.7. The summed E-state index contributed by atoms with van der Waals surface area (Å²) >= 11 is 0. The van der Waals surface area contributed by atoms with Crippen molar-refractivity contribution in [2.45, 2.75) is 19.3 Å². The first-order chi connectivity index (χ1) is 8.57. The maximum atomic E-state index is 11.7. The van der Waals surface area contributed by atoms with Gasteiger partial charge in [-0.2, -0.15) is 8.42 Å². The summed E-state index contributed by atoms with van der Waals surface area (Å²) in [6.45, 7) is 2.49. The Kier molecular flexibility index (Phi) is 4.58. The van der Waals surface area contributed by atoms with Crippen molar-refractivity contribution >= 4 is 16.1 Å². The van der Waals surface area contributed by atoms with E-state index in [1.807, 2.05) is 0 Å². The lowest BCUT2D eigenvalue weighted by molar-refractivity contribution is -0.141. The molecule has 6 nitrogen and oxygen atoms in total. The van der Waals surface area contributed by atoms with Gasteiger partial charge in [-0.15, -0.1) is 0 Å². The Morgan fingerprint density at radius 3 is 2.61 bits per heavy atom. The third-order valence-corrected chi connectivity index (χ3v) is 4.66. The second-order valence-corrected chi connectivity index (χ2v) is 6.49. The molecule has 1 atom stereocenters. The summed E-state index contributed by atoms with van der Waals surface area (Å²) < 4.78 is 33.3. The van der Waals surface area contributed by atoms with E-state index in [0.717, 1.165) is 13.0 Å². The number of ether oxygens (including phenoxy) is 1. The summed E-state index contributed by atoms with van der Waals surface area (Å²) in [6, 6.07) is 0. The Balaban J connectivity index is 1.84. The van der Waals surface area contributed by atoms with Gasteiger partial charge < -0.3 is 14.2 Å². The maximum Gasteiger partial charge on any atom is 0.325 e. The van der Waals surface area contributed by atoms with Crippen molar-refractivity contribution in [3.63, 3.8) is 0 Å². The van der Waals surface area contributed by atoms with Gasteiger partial charge in [-0.05, 0) is 38.3 Å². The van der Waals surface area contributed by atoms with Crippen molar-refractivity contribution in [2.75, 3.05) is 32.1 Å². The number of carbonyl (C=O) groups excluding carboxylic acids is 1. The second-order valence-electron chi connectivity index (χ2n) is 4.87. The van der Waals surface area contributed by atoms with E-state index < -0.39 is 16.1 Å². The van der Waals surface area contributed by atoms with Crippen molar-refractivity contribution in [1.29, 1.82) is 0 Å². The van der Waals surface area contributed by atoms with Crippen molar-refractivity contribution in [1.82, 2.24) is 5.32 Å². The van der Waals surface area contributed by atoms with Crippen molar-refractivity contribution in [3.8, 4) is 0 Å². The van der Waals surface area contributed by atoms with E-state index in [9.17, 15) is 13.2 Å². The van der Waals surface area contributed by atoms with Crippen LogP contribution >= 0.6 is 0 Å². The fraction of sp³-hybridized carbons (Fsp3) is 0.909. The number of carbonyl (C=O) groups is 1. The lowest BCUT2D eigenvalue weighted by Gasteiger charge is -2.20. The summed E-state index contributed by atoms with van der Waals surface area (Å²) in [5.41, 5.74) is 0. The van der Waals surface area contributed by atoms with Crippen LogP contribution in [0.3, 0.4) is 0 Å². The minimum Gasteiger partial charge on any atom is -0.381 e.